The number of hydrogen-bond donors (Lipinski definition) is 3. The summed E-state index contributed by atoms with van der Waals surface area (Å²) in [6, 6.07) is 7.43. The topological polar surface area (TPSA) is 78.8 Å². The Kier molecular flexibility index (Phi) is 4.98. The number of hydrogen-bond acceptors (Lipinski definition) is 4. The van der Waals surface area contributed by atoms with Crippen molar-refractivity contribution in [3.63, 3.8) is 0 Å². The Bertz CT molecular complexity index is 463. The maximum atomic E-state index is 11.8. The second-order valence-electron chi connectivity index (χ2n) is 5.30. The summed E-state index contributed by atoms with van der Waals surface area (Å²) in [6.07, 6.45) is 0.553. The molecule has 1 aromatic rings. The van der Waals surface area contributed by atoms with Crippen LogP contribution in [0.15, 0.2) is 24.3 Å². The normalized spacial score (nSPS) is 25.4. The molecule has 5 heteroatoms. The fourth-order valence-corrected chi connectivity index (χ4v) is 2.55. The number of aryl methyl sites for hydroxylation is 1. The smallest absolute Gasteiger partial charge is 0.258 e. The molecule has 1 aliphatic carbocycles. The predicted molar refractivity (Wildman–Crippen MR) is 74.4 cm³/mol. The minimum Gasteiger partial charge on any atom is -0.484 e. The molecule has 5 nitrogen and oxygen atoms in total. The van der Waals surface area contributed by atoms with Gasteiger partial charge in [-0.3, -0.25) is 4.79 Å². The van der Waals surface area contributed by atoms with E-state index in [1.807, 2.05) is 31.2 Å². The van der Waals surface area contributed by atoms with E-state index in [2.05, 4.69) is 5.32 Å². The Morgan fingerprint density at radius 2 is 2.15 bits per heavy atom. The SMILES string of the molecule is Cc1ccccc1OCC(=O)N[C@@H]1C[C@@H](CO)[C@H](O)C1. The highest BCUT2D eigenvalue weighted by Crippen LogP contribution is 2.25. The largest absolute Gasteiger partial charge is 0.484 e. The van der Waals surface area contributed by atoms with Crippen LogP contribution < -0.4 is 10.1 Å². The number of para-hydroxylation sites is 1. The van der Waals surface area contributed by atoms with Gasteiger partial charge in [-0.2, -0.15) is 0 Å². The average molecular weight is 279 g/mol. The van der Waals surface area contributed by atoms with Gasteiger partial charge >= 0.3 is 0 Å². The number of ether oxygens (including phenoxy) is 1. The maximum Gasteiger partial charge on any atom is 0.258 e. The molecule has 110 valence electrons. The monoisotopic (exact) mass is 279 g/mol. The molecule has 0 unspecified atom stereocenters. The van der Waals surface area contributed by atoms with Gasteiger partial charge in [0.15, 0.2) is 6.61 Å². The van der Waals surface area contributed by atoms with Crippen LogP contribution in [0.3, 0.4) is 0 Å². The highest BCUT2D eigenvalue weighted by Gasteiger charge is 2.33. The number of benzene rings is 1. The third-order valence-electron chi connectivity index (χ3n) is 3.71. The van der Waals surface area contributed by atoms with Crippen LogP contribution in [0.5, 0.6) is 5.75 Å². The van der Waals surface area contributed by atoms with Gasteiger partial charge in [-0.15, -0.1) is 0 Å². The summed E-state index contributed by atoms with van der Waals surface area (Å²) in [7, 11) is 0. The highest BCUT2D eigenvalue weighted by molar-refractivity contribution is 5.77. The molecule has 0 heterocycles. The second kappa shape index (κ2) is 6.72. The van der Waals surface area contributed by atoms with Crippen LogP contribution in [0.2, 0.25) is 0 Å². The standard InChI is InChI=1S/C15H21NO4/c1-10-4-2-3-5-14(10)20-9-15(19)16-12-6-11(8-17)13(18)7-12/h2-5,11-13,17-18H,6-9H2,1H3,(H,16,19)/t11-,12+,13+/m0/s1. The average Bonchev–Trinajstić information content (AvgIpc) is 2.77. The quantitative estimate of drug-likeness (QED) is 0.738. The summed E-state index contributed by atoms with van der Waals surface area (Å²) < 4.78 is 5.46. The molecule has 0 spiro atoms. The van der Waals surface area contributed by atoms with Gasteiger partial charge in [-0.1, -0.05) is 18.2 Å². The fraction of sp³-hybridized carbons (Fsp3) is 0.533. The zero-order valence-electron chi connectivity index (χ0n) is 11.6. The molecule has 1 amide bonds. The van der Waals surface area contributed by atoms with Crippen LogP contribution in [-0.2, 0) is 4.79 Å². The van der Waals surface area contributed by atoms with E-state index in [1.54, 1.807) is 0 Å². The van der Waals surface area contributed by atoms with E-state index < -0.39 is 6.10 Å². The van der Waals surface area contributed by atoms with Crippen LogP contribution >= 0.6 is 0 Å². The summed E-state index contributed by atoms with van der Waals surface area (Å²) in [5.74, 6) is 0.351. The predicted octanol–water partition coefficient (Wildman–Crippen LogP) is 0.622. The van der Waals surface area contributed by atoms with Gasteiger partial charge < -0.3 is 20.3 Å². The third kappa shape index (κ3) is 3.71. The fourth-order valence-electron chi connectivity index (χ4n) is 2.55. The molecular formula is C15H21NO4. The van der Waals surface area contributed by atoms with Gasteiger partial charge in [0.05, 0.1) is 6.10 Å². The molecule has 0 radical (unpaired) electrons. The van der Waals surface area contributed by atoms with Crippen LogP contribution in [0.4, 0.5) is 0 Å². The van der Waals surface area contributed by atoms with E-state index in [0.717, 1.165) is 5.56 Å². The summed E-state index contributed by atoms with van der Waals surface area (Å²) in [6.45, 7) is 1.83. The zero-order valence-corrected chi connectivity index (χ0v) is 11.6. The number of rotatable bonds is 5. The van der Waals surface area contributed by atoms with E-state index in [4.69, 9.17) is 9.84 Å². The molecule has 1 aliphatic rings. The van der Waals surface area contributed by atoms with Crippen LogP contribution in [0.1, 0.15) is 18.4 Å². The van der Waals surface area contributed by atoms with Crippen molar-refractivity contribution in [3.8, 4) is 5.75 Å². The van der Waals surface area contributed by atoms with Crippen molar-refractivity contribution in [1.82, 2.24) is 5.32 Å². The van der Waals surface area contributed by atoms with Crippen molar-refractivity contribution >= 4 is 5.91 Å². The molecule has 3 atom stereocenters. The summed E-state index contributed by atoms with van der Waals surface area (Å²) in [5.41, 5.74) is 0.983. The van der Waals surface area contributed by atoms with E-state index >= 15 is 0 Å². The molecule has 1 aromatic carbocycles. The number of carbonyl (C=O) groups is 1. The van der Waals surface area contributed by atoms with E-state index in [0.29, 0.717) is 18.6 Å². The van der Waals surface area contributed by atoms with Crippen molar-refractivity contribution in [2.75, 3.05) is 13.2 Å². The first-order valence-corrected chi connectivity index (χ1v) is 6.87. The Morgan fingerprint density at radius 3 is 2.80 bits per heavy atom. The molecule has 3 N–H and O–H groups in total. The highest BCUT2D eigenvalue weighted by atomic mass is 16.5. The summed E-state index contributed by atoms with van der Waals surface area (Å²) in [5, 5.41) is 21.6. The molecule has 2 rings (SSSR count). The van der Waals surface area contributed by atoms with E-state index in [9.17, 15) is 9.90 Å². The Hall–Kier alpha value is -1.59. The maximum absolute atomic E-state index is 11.8. The molecule has 1 saturated carbocycles. The molecule has 0 bridgehead atoms. The first-order valence-electron chi connectivity index (χ1n) is 6.87. The minimum atomic E-state index is -0.539. The van der Waals surface area contributed by atoms with E-state index in [1.165, 1.54) is 0 Å². The van der Waals surface area contributed by atoms with E-state index in [-0.39, 0.29) is 31.1 Å². The number of carbonyl (C=O) groups excluding carboxylic acids is 1. The first kappa shape index (κ1) is 14.8. The number of nitrogens with one attached hydrogen (secondary N) is 1. The van der Waals surface area contributed by atoms with Crippen molar-refractivity contribution in [1.29, 1.82) is 0 Å². The number of aliphatic hydroxyl groups excluding tert-OH is 2. The molecule has 20 heavy (non-hydrogen) atoms. The van der Waals surface area contributed by atoms with Crippen molar-refractivity contribution < 1.29 is 19.7 Å². The van der Waals surface area contributed by atoms with Gasteiger partial charge in [0.25, 0.3) is 5.91 Å². The van der Waals surface area contributed by atoms with Gasteiger partial charge in [0.1, 0.15) is 5.75 Å². The zero-order chi connectivity index (χ0) is 14.5. The molecule has 1 fully saturated rings. The lowest BCUT2D eigenvalue weighted by molar-refractivity contribution is -0.123. The minimum absolute atomic E-state index is 0.0404. The molecule has 0 aliphatic heterocycles. The van der Waals surface area contributed by atoms with Gasteiger partial charge in [-0.05, 0) is 31.4 Å². The van der Waals surface area contributed by atoms with Gasteiger partial charge in [0, 0.05) is 18.6 Å². The molecule has 0 aromatic heterocycles. The Morgan fingerprint density at radius 1 is 1.40 bits per heavy atom. The first-order chi connectivity index (χ1) is 9.60. The molecular weight excluding hydrogens is 258 g/mol. The van der Waals surface area contributed by atoms with Crippen LogP contribution in [0.25, 0.3) is 0 Å². The third-order valence-corrected chi connectivity index (χ3v) is 3.71. The Labute approximate surface area is 118 Å². The van der Waals surface area contributed by atoms with Gasteiger partial charge in [-0.25, -0.2) is 0 Å². The second-order valence-corrected chi connectivity index (χ2v) is 5.30. The lowest BCUT2D eigenvalue weighted by atomic mass is 10.1. The van der Waals surface area contributed by atoms with Crippen LogP contribution in [0, 0.1) is 12.8 Å². The number of aliphatic hydroxyl groups is 2. The lowest BCUT2D eigenvalue weighted by Crippen LogP contribution is -2.36. The van der Waals surface area contributed by atoms with Crippen LogP contribution in [-0.4, -0.2) is 41.5 Å². The van der Waals surface area contributed by atoms with Crippen molar-refractivity contribution in [3.05, 3.63) is 29.8 Å². The van der Waals surface area contributed by atoms with Gasteiger partial charge in [0.2, 0.25) is 0 Å². The molecule has 0 saturated heterocycles. The van der Waals surface area contributed by atoms with Crippen molar-refractivity contribution in [2.24, 2.45) is 5.92 Å². The Balaban J connectivity index is 1.78. The summed E-state index contributed by atoms with van der Waals surface area (Å²) >= 11 is 0. The lowest BCUT2D eigenvalue weighted by Gasteiger charge is -2.13. The number of amides is 1. The summed E-state index contributed by atoms with van der Waals surface area (Å²) in [4.78, 5) is 11.8. The van der Waals surface area contributed by atoms with Crippen molar-refractivity contribution in [2.45, 2.75) is 31.9 Å².